The third-order valence-corrected chi connectivity index (χ3v) is 17.4. The Morgan fingerprint density at radius 3 is 1.53 bits per heavy atom. The number of nitrogens with zero attached hydrogens (tertiary/aromatic N) is 3. The second kappa shape index (κ2) is 42.1. The van der Waals surface area contributed by atoms with Crippen molar-refractivity contribution in [3.05, 3.63) is 190 Å². The molecule has 0 fully saturated rings. The molecule has 2 aromatic heterocycles. The molecule has 36 heteroatoms. The van der Waals surface area contributed by atoms with E-state index < -0.39 is 82.6 Å². The summed E-state index contributed by atoms with van der Waals surface area (Å²) in [6.07, 6.45) is -4.19. The number of alkyl halides is 6. The molecular weight excluding hydrogens is 1540 g/mol. The van der Waals surface area contributed by atoms with E-state index in [9.17, 15) is 68.1 Å². The molecular formula is C61H69F6N5O11S14. The standard InChI is InChI=1S/C31H33F3N2O5S.C30H32F3N3O6S.2S3.2S2.2H2S/c1-3-16-30(17-15-21-9-6-5-7-10-21)19-26(37)28(29(38)41-30)25(4-2)22-11-8-12-24(18-22)36-42(39,40)27-14-13-23(20-35-27)31(32,33)34;1-4-36(23-7-5-6-22(16-23)35-43(40,41)26-13-10-21(18-34-26)30(31,32)33)27-25(38)17-29(19(2)3,42-28(27)39)15-14-20-8-11-24(37)12-9-20;2*1-3-2;2*1-2;;/h5-14,18,20,25,36-37H,3-4,15-17,19H2,1-2H3;5-13,16,18-19,35,37-38H,4,14-15,17H2,1-3H3;;;;;2*1H2/t25-,30-;29-;;;;;;/m11....../s1. The van der Waals surface area contributed by atoms with Gasteiger partial charge < -0.3 is 29.7 Å². The number of sulfonamides is 2. The Kier molecular flexibility index (Phi) is 39.0. The number of carbonyl (C=O) groups excluding carboxylic acids is 2. The topological polar surface area (TPSA) is 235 Å². The first-order chi connectivity index (χ1) is 44.8. The summed E-state index contributed by atoms with van der Waals surface area (Å²) in [5, 5.41) is 30.8. The van der Waals surface area contributed by atoms with Crippen LogP contribution in [0.1, 0.15) is 113 Å². The van der Waals surface area contributed by atoms with Gasteiger partial charge in [0.15, 0.2) is 15.7 Å². The predicted molar refractivity (Wildman–Crippen MR) is 401 cm³/mol. The average Bonchev–Trinajstić information content (AvgIpc) is 0.773. The summed E-state index contributed by atoms with van der Waals surface area (Å²) in [6.45, 7) is 9.60. The predicted octanol–water partition coefficient (Wildman–Crippen LogP) is 13.7. The van der Waals surface area contributed by atoms with Gasteiger partial charge in [-0.1, -0.05) is 94.8 Å². The van der Waals surface area contributed by atoms with Crippen molar-refractivity contribution in [1.82, 2.24) is 9.97 Å². The molecule has 0 saturated carbocycles. The number of aliphatic hydroxyl groups is 2. The Bertz CT molecular complexity index is 3900. The van der Waals surface area contributed by atoms with Crippen molar-refractivity contribution in [1.29, 1.82) is 0 Å². The minimum Gasteiger partial charge on any atom is -0.512 e. The van der Waals surface area contributed by atoms with Gasteiger partial charge >= 0.3 is 24.3 Å². The number of aromatic nitrogens is 2. The second-order valence-electron chi connectivity index (χ2n) is 21.1. The van der Waals surface area contributed by atoms with E-state index >= 15 is 0 Å². The summed E-state index contributed by atoms with van der Waals surface area (Å²) in [6, 6.07) is 31.7. The van der Waals surface area contributed by atoms with Crippen LogP contribution < -0.4 is 14.3 Å². The molecule has 0 spiro atoms. The first kappa shape index (κ1) is 89.8. The summed E-state index contributed by atoms with van der Waals surface area (Å²) in [4.78, 5) is 35.3. The highest BCUT2D eigenvalue weighted by atomic mass is 33.1. The summed E-state index contributed by atoms with van der Waals surface area (Å²) in [5.41, 5.74) is -0.751. The van der Waals surface area contributed by atoms with E-state index in [1.54, 1.807) is 49.4 Å². The molecule has 0 saturated heterocycles. The number of carbonyl (C=O) groups is 2. The smallest absolute Gasteiger partial charge is 0.417 e. The molecule has 4 aromatic carbocycles. The van der Waals surface area contributed by atoms with Gasteiger partial charge in [0.25, 0.3) is 20.0 Å². The van der Waals surface area contributed by atoms with Gasteiger partial charge in [-0.2, -0.15) is 70.2 Å². The summed E-state index contributed by atoms with van der Waals surface area (Å²) in [7, 11) is -6.81. The van der Waals surface area contributed by atoms with Crippen LogP contribution in [0, 0.1) is 5.92 Å². The highest BCUT2D eigenvalue weighted by Crippen LogP contribution is 2.44. The van der Waals surface area contributed by atoms with Crippen molar-refractivity contribution in [2.24, 2.45) is 5.92 Å². The number of hydrogen-bond donors (Lipinski definition) is 5. The molecule has 4 heterocycles. The summed E-state index contributed by atoms with van der Waals surface area (Å²) in [5.74, 6) is -2.12. The lowest BCUT2D eigenvalue weighted by Gasteiger charge is -2.42. The number of cyclic esters (lactones) is 2. The zero-order chi connectivity index (χ0) is 71.5. The maximum absolute atomic E-state index is 13.4. The summed E-state index contributed by atoms with van der Waals surface area (Å²) >= 11 is 31.2. The molecule has 16 nitrogen and oxygen atoms in total. The number of aryl methyl sites for hydroxylation is 2. The number of aliphatic hydroxyl groups excluding tert-OH is 2. The number of phenolic OH excluding ortho intramolecular Hbond substituents is 1. The molecule has 8 rings (SSSR count). The Morgan fingerprint density at radius 2 is 1.09 bits per heavy atom. The monoisotopic (exact) mass is 1610 g/mol. The van der Waals surface area contributed by atoms with Gasteiger partial charge in [-0.05, 0) is 135 Å². The Morgan fingerprint density at radius 1 is 0.608 bits per heavy atom. The first-order valence-corrected chi connectivity index (χ1v) is 39.2. The van der Waals surface area contributed by atoms with Crippen molar-refractivity contribution in [2.75, 3.05) is 20.9 Å². The van der Waals surface area contributed by atoms with E-state index in [0.717, 1.165) is 47.4 Å². The number of pyridine rings is 2. The number of phenols is 1. The molecule has 5 N–H and O–H groups in total. The Balaban J connectivity index is 0.000000841. The first-order valence-electron chi connectivity index (χ1n) is 28.2. The highest BCUT2D eigenvalue weighted by molar-refractivity contribution is 8.37. The van der Waals surface area contributed by atoms with Crippen molar-refractivity contribution < 1.29 is 77.6 Å². The number of halogens is 6. The van der Waals surface area contributed by atoms with Gasteiger partial charge in [-0.15, -0.1) is 0 Å². The molecule has 0 radical (unpaired) electrons. The van der Waals surface area contributed by atoms with Crippen LogP contribution in [0.3, 0.4) is 0 Å². The number of anilines is 3. The molecule has 97 heavy (non-hydrogen) atoms. The molecule has 530 valence electrons. The van der Waals surface area contributed by atoms with Crippen LogP contribution in [0.25, 0.3) is 0 Å². The lowest BCUT2D eigenvalue weighted by molar-refractivity contribution is -0.166. The minimum absolute atomic E-state index is 0. The molecule has 0 bridgehead atoms. The third kappa shape index (κ3) is 26.4. The number of ether oxygens (including phenoxy) is 2. The fourth-order valence-corrected chi connectivity index (χ4v) is 12.2. The van der Waals surface area contributed by atoms with Crippen molar-refractivity contribution in [3.63, 3.8) is 0 Å². The second-order valence-corrected chi connectivity index (χ2v) is 27.9. The van der Waals surface area contributed by atoms with Crippen LogP contribution >= 0.6 is 27.0 Å². The van der Waals surface area contributed by atoms with Gasteiger partial charge in [0, 0.05) is 156 Å². The van der Waals surface area contributed by atoms with Crippen LogP contribution in [0.2, 0.25) is 0 Å². The number of nitrogens with one attached hydrogen (secondary N) is 2. The average molecular weight is 1610 g/mol. The molecule has 2 aliphatic rings. The van der Waals surface area contributed by atoms with Crippen LogP contribution in [0.4, 0.5) is 43.4 Å². The van der Waals surface area contributed by atoms with Crippen LogP contribution in [-0.4, -0.2) is 71.8 Å². The van der Waals surface area contributed by atoms with E-state index in [1.807, 2.05) is 58.0 Å². The van der Waals surface area contributed by atoms with Gasteiger partial charge in [0.05, 0.1) is 22.4 Å². The quantitative estimate of drug-likeness (QED) is 0.0333. The number of benzene rings is 4. The number of likely N-dealkylation sites (N-methyl/N-ethyl adjacent to an activating group) is 1. The van der Waals surface area contributed by atoms with Crippen LogP contribution in [-0.2, 0) is 172 Å². The summed E-state index contributed by atoms with van der Waals surface area (Å²) < 4.78 is 145. The lowest BCUT2D eigenvalue weighted by atomic mass is 9.79. The number of hydrogen-bond acceptors (Lipinski definition) is 22. The fourth-order valence-electron chi connectivity index (χ4n) is 10.3. The molecule has 6 aromatic rings. The maximum Gasteiger partial charge on any atom is 0.417 e. The Labute approximate surface area is 620 Å². The van der Waals surface area contributed by atoms with Gasteiger partial charge in [-0.3, -0.25) is 9.44 Å². The van der Waals surface area contributed by atoms with Crippen molar-refractivity contribution >= 4 is 183 Å². The highest BCUT2D eigenvalue weighted by Gasteiger charge is 2.46. The third-order valence-electron chi connectivity index (χ3n) is 14.8. The number of rotatable bonds is 21. The zero-order valence-corrected chi connectivity index (χ0v) is 63.9. The minimum atomic E-state index is -4.66. The molecule has 0 aliphatic carbocycles. The van der Waals surface area contributed by atoms with Gasteiger partial charge in [0.2, 0.25) is 0 Å². The van der Waals surface area contributed by atoms with Crippen LogP contribution in [0.15, 0.2) is 173 Å². The van der Waals surface area contributed by atoms with Crippen molar-refractivity contribution in [2.45, 2.75) is 132 Å². The Hall–Kier alpha value is -5.22. The maximum atomic E-state index is 13.4. The zero-order valence-electron chi connectivity index (χ0n) is 52.1. The van der Waals surface area contributed by atoms with Gasteiger partial charge in [0.1, 0.15) is 28.5 Å². The van der Waals surface area contributed by atoms with Gasteiger partial charge in [-0.25, -0.2) is 19.6 Å². The molecule has 3 atom stereocenters. The normalized spacial score (nSPS) is 16.1. The van der Waals surface area contributed by atoms with E-state index in [2.05, 4.69) is 109 Å². The van der Waals surface area contributed by atoms with E-state index in [-0.39, 0.29) is 92.2 Å². The number of aromatic hydroxyl groups is 1. The van der Waals surface area contributed by atoms with E-state index in [1.165, 1.54) is 35.2 Å². The van der Waals surface area contributed by atoms with E-state index in [4.69, 9.17) is 9.47 Å². The van der Waals surface area contributed by atoms with E-state index in [0.29, 0.717) is 74.3 Å². The molecule has 0 unspecified atom stereocenters. The SMILES string of the molecule is CCC[C@@]1(CCc2ccccc2)CC(O)=C([C@H](CC)c2cccc(NS(=O)(=O)c3ccc(C(F)(F)F)cn3)c2)C(=O)O1.CCN(C1=C(O)C[C@](CCc2ccc(O)cc2)(C(C)C)OC1=O)c1cccc(NS(=O)(=O)c2ccc(C(F)(F)F)cn2)c1.S.S.S=S.S=S.S=S=S.S=S=S. The lowest BCUT2D eigenvalue weighted by Crippen LogP contribution is -2.47. The van der Waals surface area contributed by atoms with Crippen molar-refractivity contribution in [3.8, 4) is 5.75 Å². The fraction of sp³-hybridized carbons (Fsp3) is 0.344. The number of esters is 2. The molecule has 0 amide bonds. The largest absolute Gasteiger partial charge is 0.512 e. The molecule has 2 aliphatic heterocycles. The van der Waals surface area contributed by atoms with Crippen LogP contribution in [0.5, 0.6) is 5.75 Å².